The monoisotopic (exact) mass is 348 g/mol. The molecule has 2 aromatic carbocycles. The number of hydrogen-bond donors (Lipinski definition) is 1. The lowest BCUT2D eigenvalue weighted by atomic mass is 9.78. The third kappa shape index (κ3) is 3.04. The molecule has 0 radical (unpaired) electrons. The Hall–Kier alpha value is -2.50. The number of aryl methyl sites for hydroxylation is 1. The Morgan fingerprint density at radius 3 is 2.00 bits per heavy atom. The molecule has 1 aromatic heterocycles. The molecule has 2 N–H and O–H groups in total. The Bertz CT molecular complexity index is 814. The van der Waals surface area contributed by atoms with Crippen molar-refractivity contribution in [3.8, 4) is 0 Å². The van der Waals surface area contributed by atoms with Gasteiger partial charge in [0.1, 0.15) is 0 Å². The van der Waals surface area contributed by atoms with Gasteiger partial charge in [0.05, 0.1) is 11.6 Å². The van der Waals surface area contributed by atoms with Gasteiger partial charge in [-0.05, 0) is 18.1 Å². The summed E-state index contributed by atoms with van der Waals surface area (Å²) in [7, 11) is 0. The van der Waals surface area contributed by atoms with Gasteiger partial charge in [-0.1, -0.05) is 60.7 Å². The maximum atomic E-state index is 6.57. The molecule has 134 valence electrons. The highest BCUT2D eigenvalue weighted by molar-refractivity contribution is 5.32. The van der Waals surface area contributed by atoms with Crippen LogP contribution in [-0.4, -0.2) is 28.2 Å². The summed E-state index contributed by atoms with van der Waals surface area (Å²) in [6, 6.07) is 21.5. The minimum Gasteiger partial charge on any atom is -0.424 e. The molecule has 1 fully saturated rings. The van der Waals surface area contributed by atoms with E-state index in [1.54, 1.807) is 6.92 Å². The van der Waals surface area contributed by atoms with Crippen LogP contribution in [0.2, 0.25) is 0 Å². The highest BCUT2D eigenvalue weighted by Gasteiger charge is 2.46. The van der Waals surface area contributed by atoms with Crippen molar-refractivity contribution < 1.29 is 4.42 Å². The van der Waals surface area contributed by atoms with E-state index in [4.69, 9.17) is 10.2 Å². The van der Waals surface area contributed by atoms with Crippen LogP contribution in [0.5, 0.6) is 0 Å². The molecule has 3 aromatic rings. The van der Waals surface area contributed by atoms with Crippen molar-refractivity contribution >= 4 is 0 Å². The lowest BCUT2D eigenvalue weighted by Crippen LogP contribution is -2.59. The lowest BCUT2D eigenvalue weighted by molar-refractivity contribution is 0.0132. The van der Waals surface area contributed by atoms with Crippen molar-refractivity contribution in [3.05, 3.63) is 83.6 Å². The molecule has 0 saturated carbocycles. The van der Waals surface area contributed by atoms with E-state index in [1.165, 1.54) is 11.1 Å². The van der Waals surface area contributed by atoms with Crippen LogP contribution in [0.15, 0.2) is 65.1 Å². The average molecular weight is 348 g/mol. The van der Waals surface area contributed by atoms with Gasteiger partial charge in [0, 0.05) is 25.9 Å². The van der Waals surface area contributed by atoms with Gasteiger partial charge in [-0.25, -0.2) is 0 Å². The fourth-order valence-corrected chi connectivity index (χ4v) is 3.68. The molecular weight excluding hydrogens is 324 g/mol. The molecule has 5 nitrogen and oxygen atoms in total. The first-order valence-electron chi connectivity index (χ1n) is 8.99. The van der Waals surface area contributed by atoms with Crippen LogP contribution in [-0.2, 0) is 5.54 Å². The fraction of sp³-hybridized carbons (Fsp3) is 0.333. The number of nitrogens with zero attached hydrogens (tertiary/aromatic N) is 3. The van der Waals surface area contributed by atoms with E-state index in [2.05, 4.69) is 75.8 Å². The zero-order valence-electron chi connectivity index (χ0n) is 15.2. The van der Waals surface area contributed by atoms with E-state index in [1.807, 2.05) is 6.92 Å². The minimum absolute atomic E-state index is 0.230. The summed E-state index contributed by atoms with van der Waals surface area (Å²) < 4.78 is 5.60. The third-order valence-corrected chi connectivity index (χ3v) is 5.34. The Kier molecular flexibility index (Phi) is 4.34. The number of hydrogen-bond acceptors (Lipinski definition) is 5. The summed E-state index contributed by atoms with van der Waals surface area (Å²) in [5.41, 5.74) is 8.55. The van der Waals surface area contributed by atoms with Crippen LogP contribution in [0.3, 0.4) is 0 Å². The van der Waals surface area contributed by atoms with Crippen molar-refractivity contribution in [2.45, 2.75) is 25.4 Å². The van der Waals surface area contributed by atoms with Gasteiger partial charge in [0.2, 0.25) is 11.8 Å². The van der Waals surface area contributed by atoms with Crippen molar-refractivity contribution in [1.29, 1.82) is 0 Å². The highest BCUT2D eigenvalue weighted by atomic mass is 16.4. The van der Waals surface area contributed by atoms with Gasteiger partial charge in [-0.15, -0.1) is 10.2 Å². The maximum Gasteiger partial charge on any atom is 0.236 e. The van der Waals surface area contributed by atoms with Gasteiger partial charge in [-0.2, -0.15) is 0 Å². The maximum absolute atomic E-state index is 6.57. The van der Waals surface area contributed by atoms with E-state index >= 15 is 0 Å². The molecule has 0 spiro atoms. The number of benzene rings is 2. The van der Waals surface area contributed by atoms with Crippen molar-refractivity contribution in [2.75, 3.05) is 13.1 Å². The van der Waals surface area contributed by atoms with Gasteiger partial charge < -0.3 is 10.2 Å². The van der Waals surface area contributed by atoms with Crippen molar-refractivity contribution in [3.63, 3.8) is 0 Å². The molecule has 0 aliphatic carbocycles. The van der Waals surface area contributed by atoms with E-state index in [-0.39, 0.29) is 12.0 Å². The van der Waals surface area contributed by atoms with Gasteiger partial charge in [0.25, 0.3) is 0 Å². The van der Waals surface area contributed by atoms with Gasteiger partial charge >= 0.3 is 0 Å². The predicted molar refractivity (Wildman–Crippen MR) is 100 cm³/mol. The molecule has 0 amide bonds. The smallest absolute Gasteiger partial charge is 0.236 e. The largest absolute Gasteiger partial charge is 0.424 e. The zero-order valence-corrected chi connectivity index (χ0v) is 15.2. The summed E-state index contributed by atoms with van der Waals surface area (Å²) in [4.78, 5) is 2.46. The van der Waals surface area contributed by atoms with E-state index < -0.39 is 5.54 Å². The second-order valence-corrected chi connectivity index (χ2v) is 7.28. The summed E-state index contributed by atoms with van der Waals surface area (Å²) >= 11 is 0. The SMILES string of the molecule is Cc1nnc(C(C)(N)C2CN(C(c3ccccc3)c3ccccc3)C2)o1. The zero-order chi connectivity index (χ0) is 18.1. The van der Waals surface area contributed by atoms with Crippen molar-refractivity contribution in [1.82, 2.24) is 15.1 Å². The molecule has 1 aliphatic heterocycles. The van der Waals surface area contributed by atoms with Crippen LogP contribution < -0.4 is 5.73 Å². The first kappa shape index (κ1) is 16.9. The van der Waals surface area contributed by atoms with Crippen LogP contribution in [0.1, 0.15) is 35.9 Å². The molecular formula is C21H24N4O. The molecule has 4 rings (SSSR count). The van der Waals surface area contributed by atoms with Crippen molar-refractivity contribution in [2.24, 2.45) is 11.7 Å². The van der Waals surface area contributed by atoms with Crippen LogP contribution in [0.25, 0.3) is 0 Å². The quantitative estimate of drug-likeness (QED) is 0.766. The van der Waals surface area contributed by atoms with Crippen LogP contribution >= 0.6 is 0 Å². The first-order chi connectivity index (χ1) is 12.6. The predicted octanol–water partition coefficient (Wildman–Crippen LogP) is 3.27. The summed E-state index contributed by atoms with van der Waals surface area (Å²) in [5.74, 6) is 1.35. The molecule has 1 atom stereocenters. The Morgan fingerprint density at radius 2 is 1.54 bits per heavy atom. The van der Waals surface area contributed by atoms with Crippen LogP contribution in [0.4, 0.5) is 0 Å². The molecule has 0 bridgehead atoms. The Labute approximate surface area is 153 Å². The molecule has 5 heteroatoms. The molecule has 1 unspecified atom stereocenters. The number of rotatable bonds is 5. The minimum atomic E-state index is -0.615. The third-order valence-electron chi connectivity index (χ3n) is 5.34. The molecule has 26 heavy (non-hydrogen) atoms. The normalized spacial score (nSPS) is 17.8. The number of aromatic nitrogens is 2. The van der Waals surface area contributed by atoms with E-state index in [9.17, 15) is 0 Å². The average Bonchev–Trinajstić information content (AvgIpc) is 3.06. The molecule has 2 heterocycles. The molecule has 1 aliphatic rings. The van der Waals surface area contributed by atoms with Crippen LogP contribution in [0, 0.1) is 12.8 Å². The van der Waals surface area contributed by atoms with E-state index in [0.29, 0.717) is 11.8 Å². The van der Waals surface area contributed by atoms with E-state index in [0.717, 1.165) is 13.1 Å². The topological polar surface area (TPSA) is 68.2 Å². The van der Waals surface area contributed by atoms with Gasteiger partial charge in [0.15, 0.2) is 0 Å². The summed E-state index contributed by atoms with van der Waals surface area (Å²) in [6.07, 6.45) is 0. The second kappa shape index (κ2) is 6.67. The summed E-state index contributed by atoms with van der Waals surface area (Å²) in [6.45, 7) is 5.56. The standard InChI is InChI=1S/C21H24N4O/c1-15-23-24-20(26-15)21(2,22)18-13-25(14-18)19(16-9-5-3-6-10-16)17-11-7-4-8-12-17/h3-12,18-19H,13-14,22H2,1-2H3. The number of likely N-dealkylation sites (tertiary alicyclic amines) is 1. The highest BCUT2D eigenvalue weighted by Crippen LogP contribution is 2.40. The first-order valence-corrected chi connectivity index (χ1v) is 8.99. The Balaban J connectivity index is 1.56. The Morgan fingerprint density at radius 1 is 1.00 bits per heavy atom. The summed E-state index contributed by atoms with van der Waals surface area (Å²) in [5, 5.41) is 8.08. The fourth-order valence-electron chi connectivity index (χ4n) is 3.68. The molecule has 1 saturated heterocycles. The number of nitrogens with two attached hydrogens (primary N) is 1. The lowest BCUT2D eigenvalue weighted by Gasteiger charge is -2.49. The second-order valence-electron chi connectivity index (χ2n) is 7.28. The van der Waals surface area contributed by atoms with Gasteiger partial charge in [-0.3, -0.25) is 4.90 Å².